The molecule has 0 atom stereocenters. The molecule has 0 unspecified atom stereocenters. The summed E-state index contributed by atoms with van der Waals surface area (Å²) >= 11 is 0. The van der Waals surface area contributed by atoms with Gasteiger partial charge in [-0.2, -0.15) is 13.2 Å². The first-order valence-electron chi connectivity index (χ1n) is 7.73. The monoisotopic (exact) mass is 301 g/mol. The van der Waals surface area contributed by atoms with E-state index < -0.39 is 11.7 Å². The molecular formula is C17H26F3N. The van der Waals surface area contributed by atoms with Gasteiger partial charge in [-0.1, -0.05) is 39.0 Å². The van der Waals surface area contributed by atoms with Gasteiger partial charge >= 0.3 is 6.18 Å². The highest BCUT2D eigenvalue weighted by molar-refractivity contribution is 5.26. The number of rotatable bonds is 8. The third kappa shape index (κ3) is 5.34. The molecule has 0 aliphatic rings. The first-order chi connectivity index (χ1) is 9.87. The number of hydrogen-bond donors (Lipinski definition) is 1. The van der Waals surface area contributed by atoms with Crippen molar-refractivity contribution in [3.05, 3.63) is 35.4 Å². The van der Waals surface area contributed by atoms with E-state index in [0.717, 1.165) is 44.0 Å². The van der Waals surface area contributed by atoms with Crippen LogP contribution in [0.2, 0.25) is 0 Å². The zero-order valence-corrected chi connectivity index (χ0v) is 13.2. The Kier molecular flexibility index (Phi) is 6.72. The Balaban J connectivity index is 2.88. The maximum atomic E-state index is 12.8. The van der Waals surface area contributed by atoms with Crippen molar-refractivity contribution in [2.24, 2.45) is 5.41 Å². The predicted molar refractivity (Wildman–Crippen MR) is 81.3 cm³/mol. The molecule has 0 aliphatic heterocycles. The zero-order chi connectivity index (χ0) is 15.9. The van der Waals surface area contributed by atoms with Crippen LogP contribution >= 0.6 is 0 Å². The van der Waals surface area contributed by atoms with Crippen molar-refractivity contribution in [2.45, 2.75) is 52.6 Å². The van der Waals surface area contributed by atoms with E-state index in [4.69, 9.17) is 0 Å². The van der Waals surface area contributed by atoms with E-state index in [2.05, 4.69) is 26.1 Å². The molecule has 0 saturated heterocycles. The van der Waals surface area contributed by atoms with Gasteiger partial charge in [0.2, 0.25) is 0 Å². The van der Waals surface area contributed by atoms with Crippen LogP contribution < -0.4 is 5.32 Å². The van der Waals surface area contributed by atoms with E-state index in [-0.39, 0.29) is 5.41 Å². The summed E-state index contributed by atoms with van der Waals surface area (Å²) in [4.78, 5) is 0. The lowest BCUT2D eigenvalue weighted by molar-refractivity contribution is -0.137. The van der Waals surface area contributed by atoms with Crippen LogP contribution in [0.3, 0.4) is 0 Å². The van der Waals surface area contributed by atoms with Gasteiger partial charge in [0.1, 0.15) is 0 Å². The summed E-state index contributed by atoms with van der Waals surface area (Å²) in [6.45, 7) is 8.14. The van der Waals surface area contributed by atoms with Gasteiger partial charge in [0.15, 0.2) is 0 Å². The molecule has 0 aliphatic carbocycles. The lowest BCUT2D eigenvalue weighted by Gasteiger charge is -2.32. The van der Waals surface area contributed by atoms with Crippen LogP contribution in [0.5, 0.6) is 0 Å². The molecule has 1 nitrogen and oxygen atoms in total. The minimum Gasteiger partial charge on any atom is -0.316 e. The van der Waals surface area contributed by atoms with Crippen molar-refractivity contribution in [3.8, 4) is 0 Å². The summed E-state index contributed by atoms with van der Waals surface area (Å²) in [6, 6.07) is 5.74. The Labute approximate surface area is 125 Å². The highest BCUT2D eigenvalue weighted by atomic mass is 19.4. The third-order valence-corrected chi connectivity index (χ3v) is 4.26. The lowest BCUT2D eigenvalue weighted by atomic mass is 9.76. The SMILES string of the molecule is CCCNCC(CC)(CC)Cc1cccc(C(F)(F)F)c1. The molecule has 0 aromatic heterocycles. The Morgan fingerprint density at radius 3 is 2.24 bits per heavy atom. The number of nitrogens with one attached hydrogen (secondary N) is 1. The van der Waals surface area contributed by atoms with Gasteiger partial charge in [-0.15, -0.1) is 0 Å². The van der Waals surface area contributed by atoms with E-state index >= 15 is 0 Å². The summed E-state index contributed by atoms with van der Waals surface area (Å²) in [5, 5.41) is 3.42. The van der Waals surface area contributed by atoms with Crippen molar-refractivity contribution in [2.75, 3.05) is 13.1 Å². The first-order valence-corrected chi connectivity index (χ1v) is 7.73. The van der Waals surface area contributed by atoms with Crippen molar-refractivity contribution in [1.82, 2.24) is 5.32 Å². The highest BCUT2D eigenvalue weighted by Crippen LogP contribution is 2.33. The molecule has 21 heavy (non-hydrogen) atoms. The molecule has 1 aromatic carbocycles. The van der Waals surface area contributed by atoms with Crippen LogP contribution in [0.15, 0.2) is 24.3 Å². The molecule has 0 amide bonds. The fraction of sp³-hybridized carbons (Fsp3) is 0.647. The Morgan fingerprint density at radius 1 is 1.05 bits per heavy atom. The number of alkyl halides is 3. The van der Waals surface area contributed by atoms with Crippen molar-refractivity contribution in [1.29, 1.82) is 0 Å². The fourth-order valence-corrected chi connectivity index (χ4v) is 2.63. The molecule has 1 rings (SSSR count). The summed E-state index contributed by atoms with van der Waals surface area (Å²) in [6.07, 6.45) is -0.613. The largest absolute Gasteiger partial charge is 0.416 e. The minimum atomic E-state index is -4.27. The van der Waals surface area contributed by atoms with Gasteiger partial charge in [0, 0.05) is 6.54 Å². The normalized spacial score (nSPS) is 12.7. The predicted octanol–water partition coefficient (Wildman–Crippen LogP) is 5.05. The zero-order valence-electron chi connectivity index (χ0n) is 13.2. The molecule has 0 fully saturated rings. The van der Waals surface area contributed by atoms with Crippen molar-refractivity contribution < 1.29 is 13.2 Å². The van der Waals surface area contributed by atoms with Crippen LogP contribution in [0.1, 0.15) is 51.2 Å². The molecule has 4 heteroatoms. The quantitative estimate of drug-likeness (QED) is 0.662. The summed E-state index contributed by atoms with van der Waals surface area (Å²) in [7, 11) is 0. The van der Waals surface area contributed by atoms with Crippen molar-refractivity contribution in [3.63, 3.8) is 0 Å². The maximum absolute atomic E-state index is 12.8. The molecular weight excluding hydrogens is 275 g/mol. The van der Waals surface area contributed by atoms with Crippen LogP contribution in [-0.2, 0) is 12.6 Å². The van der Waals surface area contributed by atoms with Crippen LogP contribution in [0, 0.1) is 5.41 Å². The number of halogens is 3. The Hall–Kier alpha value is -1.03. The van der Waals surface area contributed by atoms with E-state index in [0.29, 0.717) is 6.42 Å². The molecule has 0 radical (unpaired) electrons. The minimum absolute atomic E-state index is 0.0272. The molecule has 0 bridgehead atoms. The third-order valence-electron chi connectivity index (χ3n) is 4.26. The fourth-order valence-electron chi connectivity index (χ4n) is 2.63. The molecule has 120 valence electrons. The average molecular weight is 301 g/mol. The first kappa shape index (κ1) is 18.0. The van der Waals surface area contributed by atoms with E-state index in [1.807, 2.05) is 0 Å². The van der Waals surface area contributed by atoms with Crippen LogP contribution in [0.4, 0.5) is 13.2 Å². The van der Waals surface area contributed by atoms with E-state index in [1.165, 1.54) is 12.1 Å². The standard InChI is InChI=1S/C17H26F3N/c1-4-10-21-13-16(5-2,6-3)12-14-8-7-9-15(11-14)17(18,19)20/h7-9,11,21H,4-6,10,12-13H2,1-3H3. The van der Waals surface area contributed by atoms with Gasteiger partial charge in [-0.3, -0.25) is 0 Å². The molecule has 1 aromatic rings. The van der Waals surface area contributed by atoms with E-state index in [9.17, 15) is 13.2 Å². The Morgan fingerprint density at radius 2 is 1.71 bits per heavy atom. The molecule has 0 spiro atoms. The average Bonchev–Trinajstić information content (AvgIpc) is 2.46. The lowest BCUT2D eigenvalue weighted by Crippen LogP contribution is -2.35. The second kappa shape index (κ2) is 7.83. The number of benzene rings is 1. The van der Waals surface area contributed by atoms with Crippen molar-refractivity contribution >= 4 is 0 Å². The van der Waals surface area contributed by atoms with Gasteiger partial charge in [-0.25, -0.2) is 0 Å². The molecule has 0 heterocycles. The second-order valence-electron chi connectivity index (χ2n) is 5.76. The summed E-state index contributed by atoms with van der Waals surface area (Å²) in [5.41, 5.74) is 0.244. The van der Waals surface area contributed by atoms with Gasteiger partial charge in [-0.05, 0) is 49.3 Å². The summed E-state index contributed by atoms with van der Waals surface area (Å²) in [5.74, 6) is 0. The number of hydrogen-bond acceptors (Lipinski definition) is 1. The van der Waals surface area contributed by atoms with E-state index in [1.54, 1.807) is 6.07 Å². The topological polar surface area (TPSA) is 12.0 Å². The van der Waals surface area contributed by atoms with Gasteiger partial charge < -0.3 is 5.32 Å². The van der Waals surface area contributed by atoms with Gasteiger partial charge in [0.25, 0.3) is 0 Å². The maximum Gasteiger partial charge on any atom is 0.416 e. The van der Waals surface area contributed by atoms with Gasteiger partial charge in [0.05, 0.1) is 5.56 Å². The smallest absolute Gasteiger partial charge is 0.316 e. The van der Waals surface area contributed by atoms with Crippen LogP contribution in [0.25, 0.3) is 0 Å². The summed E-state index contributed by atoms with van der Waals surface area (Å²) < 4.78 is 38.4. The highest BCUT2D eigenvalue weighted by Gasteiger charge is 2.31. The molecule has 1 N–H and O–H groups in total. The van der Waals surface area contributed by atoms with Crippen LogP contribution in [-0.4, -0.2) is 13.1 Å². The second-order valence-corrected chi connectivity index (χ2v) is 5.76. The Bertz CT molecular complexity index is 422. The molecule has 0 saturated carbocycles.